The lowest BCUT2D eigenvalue weighted by Gasteiger charge is -2.13. The van der Waals surface area contributed by atoms with Gasteiger partial charge in [0.25, 0.3) is 0 Å². The van der Waals surface area contributed by atoms with Crippen LogP contribution in [0.2, 0.25) is 5.02 Å². The van der Waals surface area contributed by atoms with Gasteiger partial charge >= 0.3 is 5.97 Å². The largest absolute Gasteiger partial charge is 0.493 e. The van der Waals surface area contributed by atoms with Crippen LogP contribution in [-0.2, 0) is 16.1 Å². The molecule has 0 bridgehead atoms. The molecule has 0 atom stereocenters. The van der Waals surface area contributed by atoms with E-state index in [0.717, 1.165) is 15.6 Å². The Hall–Kier alpha value is -2.31. The predicted molar refractivity (Wildman–Crippen MR) is 104 cm³/mol. The maximum absolute atomic E-state index is 11.7. The molecule has 0 saturated heterocycles. The number of carbonyl (C=O) groups excluding carboxylic acids is 1. The molecule has 2 aromatic rings. The zero-order valence-electron chi connectivity index (χ0n) is 14.1. The lowest BCUT2D eigenvalue weighted by Crippen LogP contribution is -2.00. The van der Waals surface area contributed by atoms with Crippen LogP contribution in [0.15, 0.2) is 51.6 Å². The van der Waals surface area contributed by atoms with Gasteiger partial charge in [-0.1, -0.05) is 45.7 Å². The number of cyclic esters (lactones) is 1. The van der Waals surface area contributed by atoms with Gasteiger partial charge in [-0.15, -0.1) is 0 Å². The van der Waals surface area contributed by atoms with Gasteiger partial charge in [-0.05, 0) is 29.8 Å². The van der Waals surface area contributed by atoms with Crippen molar-refractivity contribution < 1.29 is 19.0 Å². The molecule has 0 unspecified atom stereocenters. The normalized spacial score (nSPS) is 15.0. The van der Waals surface area contributed by atoms with Crippen molar-refractivity contribution in [3.63, 3.8) is 0 Å². The van der Waals surface area contributed by atoms with Gasteiger partial charge in [-0.25, -0.2) is 9.79 Å². The van der Waals surface area contributed by atoms with E-state index < -0.39 is 5.97 Å². The highest BCUT2D eigenvalue weighted by molar-refractivity contribution is 9.10. The van der Waals surface area contributed by atoms with Crippen LogP contribution in [0.1, 0.15) is 18.1 Å². The first-order valence-electron chi connectivity index (χ1n) is 7.71. The number of methoxy groups -OCH3 is 1. The van der Waals surface area contributed by atoms with Crippen LogP contribution in [0.5, 0.6) is 11.5 Å². The highest BCUT2D eigenvalue weighted by atomic mass is 79.9. The van der Waals surface area contributed by atoms with Gasteiger partial charge in [-0.3, -0.25) is 0 Å². The van der Waals surface area contributed by atoms with E-state index in [9.17, 15) is 4.79 Å². The Kier molecular flexibility index (Phi) is 5.64. The van der Waals surface area contributed by atoms with Crippen LogP contribution in [0.3, 0.4) is 0 Å². The summed E-state index contributed by atoms with van der Waals surface area (Å²) in [4.78, 5) is 15.8. The number of benzene rings is 2. The SMILES string of the molecule is COc1cc(/C=C2\N=C(C)OC2=O)c(Br)cc1OCc1ccccc1Cl. The second-order valence-corrected chi connectivity index (χ2v) is 6.72. The maximum Gasteiger partial charge on any atom is 0.363 e. The molecule has 3 rings (SSSR count). The average molecular weight is 437 g/mol. The minimum atomic E-state index is -0.479. The average Bonchev–Trinajstić information content (AvgIpc) is 2.93. The van der Waals surface area contributed by atoms with E-state index >= 15 is 0 Å². The van der Waals surface area contributed by atoms with Crippen molar-refractivity contribution in [3.05, 3.63) is 62.7 Å². The lowest BCUT2D eigenvalue weighted by molar-refractivity contribution is -0.130. The van der Waals surface area contributed by atoms with Gasteiger partial charge in [0.05, 0.1) is 7.11 Å². The topological polar surface area (TPSA) is 57.1 Å². The summed E-state index contributed by atoms with van der Waals surface area (Å²) >= 11 is 9.64. The number of hydrogen-bond donors (Lipinski definition) is 0. The van der Waals surface area contributed by atoms with Crippen LogP contribution in [0.25, 0.3) is 6.08 Å². The maximum atomic E-state index is 11.7. The fourth-order valence-electron chi connectivity index (χ4n) is 2.37. The summed E-state index contributed by atoms with van der Waals surface area (Å²) in [5.41, 5.74) is 1.82. The second kappa shape index (κ2) is 7.93. The number of hydrogen-bond acceptors (Lipinski definition) is 5. The highest BCUT2D eigenvalue weighted by Gasteiger charge is 2.20. The van der Waals surface area contributed by atoms with Crippen LogP contribution in [-0.4, -0.2) is 19.0 Å². The summed E-state index contributed by atoms with van der Waals surface area (Å²) in [5, 5.41) is 0.639. The van der Waals surface area contributed by atoms with Crippen molar-refractivity contribution in [3.8, 4) is 11.5 Å². The van der Waals surface area contributed by atoms with Crippen molar-refractivity contribution in [2.75, 3.05) is 7.11 Å². The Bertz CT molecular complexity index is 924. The third-order valence-electron chi connectivity index (χ3n) is 3.64. The molecule has 134 valence electrons. The zero-order chi connectivity index (χ0) is 18.7. The number of halogens is 2. The van der Waals surface area contributed by atoms with Crippen LogP contribution in [0.4, 0.5) is 0 Å². The number of aliphatic imine (C=N–C) groups is 1. The Morgan fingerprint density at radius 1 is 1.27 bits per heavy atom. The first-order chi connectivity index (χ1) is 12.5. The van der Waals surface area contributed by atoms with Crippen molar-refractivity contribution in [2.45, 2.75) is 13.5 Å². The van der Waals surface area contributed by atoms with E-state index in [1.165, 1.54) is 0 Å². The number of carbonyl (C=O) groups is 1. The number of nitrogens with zero attached hydrogens (tertiary/aromatic N) is 1. The molecule has 0 N–H and O–H groups in total. The van der Waals surface area contributed by atoms with Gasteiger partial charge in [-0.2, -0.15) is 0 Å². The number of ether oxygens (including phenoxy) is 3. The van der Waals surface area contributed by atoms with Crippen molar-refractivity contribution >= 4 is 45.5 Å². The zero-order valence-corrected chi connectivity index (χ0v) is 16.4. The highest BCUT2D eigenvalue weighted by Crippen LogP contribution is 2.36. The first-order valence-corrected chi connectivity index (χ1v) is 8.88. The Labute approximate surface area is 164 Å². The van der Waals surface area contributed by atoms with E-state index in [0.29, 0.717) is 29.0 Å². The molecule has 0 aromatic heterocycles. The number of rotatable bonds is 5. The molecule has 5 nitrogen and oxygen atoms in total. The minimum absolute atomic E-state index is 0.231. The lowest BCUT2D eigenvalue weighted by atomic mass is 10.1. The van der Waals surface area contributed by atoms with Crippen molar-refractivity contribution in [1.29, 1.82) is 0 Å². The molecule has 2 aromatic carbocycles. The molecule has 1 aliphatic rings. The van der Waals surface area contributed by atoms with E-state index in [1.807, 2.05) is 24.3 Å². The summed E-state index contributed by atoms with van der Waals surface area (Å²) in [6, 6.07) is 11.0. The quantitative estimate of drug-likeness (QED) is 0.488. The van der Waals surface area contributed by atoms with Gasteiger partial charge in [0.1, 0.15) is 6.61 Å². The third-order valence-corrected chi connectivity index (χ3v) is 4.70. The molecule has 7 heteroatoms. The molecule has 0 fully saturated rings. The van der Waals surface area contributed by atoms with Crippen molar-refractivity contribution in [1.82, 2.24) is 0 Å². The first kappa shape index (κ1) is 18.5. The van der Waals surface area contributed by atoms with E-state index in [2.05, 4.69) is 20.9 Å². The third kappa shape index (κ3) is 4.08. The van der Waals surface area contributed by atoms with Crippen LogP contribution in [0, 0.1) is 0 Å². The standard InChI is InChI=1S/C19H15BrClNO4/c1-11-22-16(19(23)26-11)7-13-8-17(24-2)18(9-14(13)20)25-10-12-5-3-4-6-15(12)21/h3-9H,10H2,1-2H3/b16-7-. The number of esters is 1. The van der Waals surface area contributed by atoms with Crippen LogP contribution < -0.4 is 9.47 Å². The fourth-order valence-corrected chi connectivity index (χ4v) is 2.99. The minimum Gasteiger partial charge on any atom is -0.493 e. The smallest absolute Gasteiger partial charge is 0.363 e. The molecule has 0 aliphatic carbocycles. The molecule has 0 amide bonds. The summed E-state index contributed by atoms with van der Waals surface area (Å²) in [5.74, 6) is 0.922. The Morgan fingerprint density at radius 2 is 2.04 bits per heavy atom. The summed E-state index contributed by atoms with van der Waals surface area (Å²) in [6.45, 7) is 1.93. The molecule has 0 radical (unpaired) electrons. The van der Waals surface area contributed by atoms with E-state index in [4.69, 9.17) is 25.8 Å². The Balaban J connectivity index is 1.87. The predicted octanol–water partition coefficient (Wildman–Crippen LogP) is 5.01. The molecule has 1 heterocycles. The molecular formula is C19H15BrClNO4. The van der Waals surface area contributed by atoms with Gasteiger partial charge < -0.3 is 14.2 Å². The molecule has 0 saturated carbocycles. The van der Waals surface area contributed by atoms with Crippen molar-refractivity contribution in [2.24, 2.45) is 4.99 Å². The molecule has 0 spiro atoms. The second-order valence-electron chi connectivity index (χ2n) is 5.45. The monoisotopic (exact) mass is 435 g/mol. The van der Waals surface area contributed by atoms with Crippen LogP contribution >= 0.6 is 27.5 Å². The van der Waals surface area contributed by atoms with E-state index in [-0.39, 0.29) is 5.70 Å². The Morgan fingerprint density at radius 3 is 2.69 bits per heavy atom. The fraction of sp³-hybridized carbons (Fsp3) is 0.158. The summed E-state index contributed by atoms with van der Waals surface area (Å²) < 4.78 is 16.9. The van der Waals surface area contributed by atoms with Gasteiger partial charge in [0.2, 0.25) is 0 Å². The molecule has 26 heavy (non-hydrogen) atoms. The van der Waals surface area contributed by atoms with Gasteiger partial charge in [0, 0.05) is 22.0 Å². The summed E-state index contributed by atoms with van der Waals surface area (Å²) in [6.07, 6.45) is 1.63. The summed E-state index contributed by atoms with van der Waals surface area (Å²) in [7, 11) is 1.55. The molecular weight excluding hydrogens is 422 g/mol. The van der Waals surface area contributed by atoms with Gasteiger partial charge in [0.15, 0.2) is 23.1 Å². The molecule has 1 aliphatic heterocycles. The van der Waals surface area contributed by atoms with E-state index in [1.54, 1.807) is 32.2 Å².